The summed E-state index contributed by atoms with van der Waals surface area (Å²) in [6, 6.07) is 29.5. The summed E-state index contributed by atoms with van der Waals surface area (Å²) in [5.74, 6) is -0.516. The van der Waals surface area contributed by atoms with Crippen LogP contribution in [0.5, 0.6) is 0 Å². The van der Waals surface area contributed by atoms with Crippen molar-refractivity contribution < 1.29 is 18.0 Å². The second-order valence-electron chi connectivity index (χ2n) is 9.18. The van der Waals surface area contributed by atoms with Crippen LogP contribution in [-0.2, 0) is 17.5 Å². The first-order chi connectivity index (χ1) is 18.3. The maximum Gasteiger partial charge on any atom is 0.418 e. The van der Waals surface area contributed by atoms with Gasteiger partial charge in [0.25, 0.3) is 5.91 Å². The Balaban J connectivity index is 1.68. The number of nitrogens with one attached hydrogen (secondary N) is 1. The van der Waals surface area contributed by atoms with E-state index in [1.54, 1.807) is 54.6 Å². The number of amides is 1. The number of aromatic nitrogens is 1. The SMILES string of the molecule is Nc1ccccc1/C(=C1/C(=O)N(Cc2ccccc2)c2c1cccc2C(F)(F)F)c1cc2ccccc2[nH]1. The van der Waals surface area contributed by atoms with Crippen LogP contribution >= 0.6 is 0 Å². The number of fused-ring (bicyclic) bond motifs is 2. The molecule has 4 nitrogen and oxygen atoms in total. The molecule has 0 aliphatic carbocycles. The summed E-state index contributed by atoms with van der Waals surface area (Å²) < 4.78 is 42.8. The van der Waals surface area contributed by atoms with Gasteiger partial charge in [-0.2, -0.15) is 13.2 Å². The number of benzene rings is 4. The Morgan fingerprint density at radius 2 is 1.55 bits per heavy atom. The largest absolute Gasteiger partial charge is 0.418 e. The van der Waals surface area contributed by atoms with E-state index in [2.05, 4.69) is 4.98 Å². The first kappa shape index (κ1) is 23.6. The molecule has 6 rings (SSSR count). The van der Waals surface area contributed by atoms with Crippen molar-refractivity contribution in [3.05, 3.63) is 131 Å². The van der Waals surface area contributed by atoms with Crippen molar-refractivity contribution in [2.45, 2.75) is 12.7 Å². The van der Waals surface area contributed by atoms with Crippen LogP contribution in [0.25, 0.3) is 22.0 Å². The molecule has 4 aromatic carbocycles. The Kier molecular flexibility index (Phi) is 5.56. The molecule has 5 aromatic rings. The number of nitrogen functional groups attached to an aromatic ring is 1. The summed E-state index contributed by atoms with van der Waals surface area (Å²) in [5.41, 5.74) is 9.37. The summed E-state index contributed by atoms with van der Waals surface area (Å²) in [4.78, 5) is 18.8. The van der Waals surface area contributed by atoms with Crippen LogP contribution in [0.3, 0.4) is 0 Å². The minimum atomic E-state index is -4.65. The standard InChI is InChI=1S/C31H22F3N3O/c32-31(33,34)23-14-8-13-22-28(30(38)37(29(22)23)18-19-9-2-1-3-10-19)27(21-12-5-6-15-24(21)35)26-17-20-11-4-7-16-25(20)36-26/h1-17,36H,18,35H2/b28-27-. The van der Waals surface area contributed by atoms with Gasteiger partial charge in [-0.25, -0.2) is 0 Å². The van der Waals surface area contributed by atoms with Crippen LogP contribution in [0.15, 0.2) is 103 Å². The van der Waals surface area contributed by atoms with E-state index in [-0.39, 0.29) is 23.4 Å². The fourth-order valence-electron chi connectivity index (χ4n) is 5.12. The monoisotopic (exact) mass is 509 g/mol. The number of para-hydroxylation sites is 3. The third-order valence-corrected chi connectivity index (χ3v) is 6.80. The van der Waals surface area contributed by atoms with Gasteiger partial charge < -0.3 is 15.6 Å². The molecule has 1 aliphatic heterocycles. The molecule has 0 saturated carbocycles. The molecule has 2 heterocycles. The number of H-pyrrole nitrogens is 1. The molecule has 0 radical (unpaired) electrons. The fourth-order valence-corrected chi connectivity index (χ4v) is 5.12. The highest BCUT2D eigenvalue weighted by atomic mass is 19.4. The summed E-state index contributed by atoms with van der Waals surface area (Å²) in [7, 11) is 0. The Morgan fingerprint density at radius 1 is 0.842 bits per heavy atom. The molecule has 0 bridgehead atoms. The zero-order valence-electron chi connectivity index (χ0n) is 20.1. The molecule has 0 fully saturated rings. The van der Waals surface area contributed by atoms with Gasteiger partial charge in [0.15, 0.2) is 0 Å². The van der Waals surface area contributed by atoms with Gasteiger partial charge in [-0.05, 0) is 29.8 Å². The molecule has 0 unspecified atom stereocenters. The van der Waals surface area contributed by atoms with E-state index >= 15 is 0 Å². The first-order valence-electron chi connectivity index (χ1n) is 12.1. The van der Waals surface area contributed by atoms with Crippen molar-refractivity contribution in [2.75, 3.05) is 10.6 Å². The van der Waals surface area contributed by atoms with Gasteiger partial charge >= 0.3 is 6.18 Å². The third kappa shape index (κ3) is 3.93. The molecule has 1 aromatic heterocycles. The molecular formula is C31H22F3N3O. The summed E-state index contributed by atoms with van der Waals surface area (Å²) >= 11 is 0. The molecule has 1 amide bonds. The van der Waals surface area contributed by atoms with Crippen molar-refractivity contribution >= 4 is 39.3 Å². The second kappa shape index (κ2) is 8.95. The second-order valence-corrected chi connectivity index (χ2v) is 9.18. The van der Waals surface area contributed by atoms with Gasteiger partial charge in [-0.3, -0.25) is 4.79 Å². The van der Waals surface area contributed by atoms with Crippen LogP contribution < -0.4 is 10.6 Å². The van der Waals surface area contributed by atoms with E-state index < -0.39 is 17.6 Å². The summed E-state index contributed by atoms with van der Waals surface area (Å²) in [6.45, 7) is -0.00643. The van der Waals surface area contributed by atoms with Crippen LogP contribution in [0, 0.1) is 0 Å². The summed E-state index contributed by atoms with van der Waals surface area (Å²) in [6.07, 6.45) is -4.65. The number of aromatic amines is 1. The molecule has 0 atom stereocenters. The Bertz CT molecular complexity index is 1680. The number of hydrogen-bond donors (Lipinski definition) is 2. The zero-order chi connectivity index (χ0) is 26.4. The van der Waals surface area contributed by atoms with Crippen LogP contribution in [0.2, 0.25) is 0 Å². The first-order valence-corrected chi connectivity index (χ1v) is 12.1. The average Bonchev–Trinajstić information content (AvgIpc) is 3.45. The quantitative estimate of drug-likeness (QED) is 0.198. The van der Waals surface area contributed by atoms with E-state index in [4.69, 9.17) is 5.73 Å². The van der Waals surface area contributed by atoms with Crippen molar-refractivity contribution in [1.82, 2.24) is 4.98 Å². The van der Waals surface area contributed by atoms with E-state index in [0.29, 0.717) is 22.5 Å². The third-order valence-electron chi connectivity index (χ3n) is 6.80. The van der Waals surface area contributed by atoms with E-state index in [0.717, 1.165) is 22.5 Å². The van der Waals surface area contributed by atoms with E-state index in [1.165, 1.54) is 11.0 Å². The lowest BCUT2D eigenvalue weighted by molar-refractivity contribution is -0.137. The topological polar surface area (TPSA) is 62.1 Å². The number of rotatable bonds is 4. The van der Waals surface area contributed by atoms with Gasteiger partial charge in [0.05, 0.1) is 23.4 Å². The molecule has 3 N–H and O–H groups in total. The maximum absolute atomic E-state index is 14.3. The molecule has 1 aliphatic rings. The highest BCUT2D eigenvalue weighted by Crippen LogP contribution is 2.49. The van der Waals surface area contributed by atoms with Gasteiger partial charge in [0.1, 0.15) is 0 Å². The number of carbonyl (C=O) groups excluding carboxylic acids is 1. The van der Waals surface area contributed by atoms with Crippen molar-refractivity contribution in [3.8, 4) is 0 Å². The Hall–Kier alpha value is -4.78. The maximum atomic E-state index is 14.3. The number of carbonyl (C=O) groups is 1. The van der Waals surface area contributed by atoms with Gasteiger partial charge in [-0.15, -0.1) is 0 Å². The normalized spacial score (nSPS) is 14.7. The van der Waals surface area contributed by atoms with Crippen molar-refractivity contribution in [3.63, 3.8) is 0 Å². The molecule has 0 saturated heterocycles. The smallest absolute Gasteiger partial charge is 0.398 e. The summed E-state index contributed by atoms with van der Waals surface area (Å²) in [5, 5.41) is 0.908. The molecule has 7 heteroatoms. The molecule has 0 spiro atoms. The number of alkyl halides is 3. The highest BCUT2D eigenvalue weighted by molar-refractivity contribution is 6.39. The van der Waals surface area contributed by atoms with Crippen molar-refractivity contribution in [2.24, 2.45) is 0 Å². The van der Waals surface area contributed by atoms with Gasteiger partial charge in [0, 0.05) is 39.0 Å². The van der Waals surface area contributed by atoms with Crippen LogP contribution in [-0.4, -0.2) is 10.9 Å². The fraction of sp³-hybridized carbons (Fsp3) is 0.0645. The number of halogens is 3. The van der Waals surface area contributed by atoms with E-state index in [9.17, 15) is 18.0 Å². The highest BCUT2D eigenvalue weighted by Gasteiger charge is 2.43. The minimum absolute atomic E-state index is 0.00643. The predicted molar refractivity (Wildman–Crippen MR) is 144 cm³/mol. The van der Waals surface area contributed by atoms with Crippen LogP contribution in [0.1, 0.15) is 27.9 Å². The number of anilines is 2. The number of nitrogens with zero attached hydrogens (tertiary/aromatic N) is 1. The Morgan fingerprint density at radius 3 is 2.29 bits per heavy atom. The van der Waals surface area contributed by atoms with Gasteiger partial charge in [-0.1, -0.05) is 78.9 Å². The van der Waals surface area contributed by atoms with Gasteiger partial charge in [0.2, 0.25) is 0 Å². The zero-order valence-corrected chi connectivity index (χ0v) is 20.1. The molecule has 38 heavy (non-hydrogen) atoms. The van der Waals surface area contributed by atoms with Crippen LogP contribution in [0.4, 0.5) is 24.5 Å². The number of hydrogen-bond acceptors (Lipinski definition) is 2. The van der Waals surface area contributed by atoms with Crippen molar-refractivity contribution in [1.29, 1.82) is 0 Å². The predicted octanol–water partition coefficient (Wildman–Crippen LogP) is 7.27. The lowest BCUT2D eigenvalue weighted by atomic mass is 9.91. The van der Waals surface area contributed by atoms with E-state index in [1.807, 2.05) is 36.4 Å². The minimum Gasteiger partial charge on any atom is -0.398 e. The molecular weight excluding hydrogens is 487 g/mol. The molecule has 188 valence electrons. The Labute approximate surface area is 216 Å². The lowest BCUT2D eigenvalue weighted by Crippen LogP contribution is -2.28. The number of nitrogens with two attached hydrogens (primary N) is 1. The lowest BCUT2D eigenvalue weighted by Gasteiger charge is -2.21. The average molecular weight is 510 g/mol.